The fourth-order valence-corrected chi connectivity index (χ4v) is 2.08. The molecule has 2 atom stereocenters. The maximum Gasteiger partial charge on any atom is 0.255 e. The number of carbonyl (C=O) groups is 1. The molecule has 1 aromatic rings. The van der Waals surface area contributed by atoms with Crippen LogP contribution >= 0.6 is 0 Å². The quantitative estimate of drug-likeness (QED) is 0.747. The van der Waals surface area contributed by atoms with E-state index in [-0.39, 0.29) is 17.7 Å². The molecule has 0 aromatic carbocycles. The average Bonchev–Trinajstić information content (AvgIpc) is 2.32. The zero-order valence-electron chi connectivity index (χ0n) is 9.84. The van der Waals surface area contributed by atoms with Crippen molar-refractivity contribution >= 4 is 5.91 Å². The summed E-state index contributed by atoms with van der Waals surface area (Å²) in [5, 5.41) is 9.30. The van der Waals surface area contributed by atoms with Gasteiger partial charge in [0, 0.05) is 25.3 Å². The third-order valence-corrected chi connectivity index (χ3v) is 3.23. The minimum atomic E-state index is -0.0906. The lowest BCUT2D eigenvalue weighted by atomic mass is 9.94. The van der Waals surface area contributed by atoms with E-state index in [0.29, 0.717) is 24.6 Å². The topological polar surface area (TPSA) is 79.5 Å². The van der Waals surface area contributed by atoms with Gasteiger partial charge in [-0.15, -0.1) is 0 Å². The van der Waals surface area contributed by atoms with Crippen LogP contribution in [0.25, 0.3) is 0 Å². The van der Waals surface area contributed by atoms with Gasteiger partial charge in [0.25, 0.3) is 5.91 Å². The molecule has 0 radical (unpaired) electrons. The summed E-state index contributed by atoms with van der Waals surface area (Å²) >= 11 is 0. The zero-order chi connectivity index (χ0) is 12.4. The molecule has 0 spiro atoms. The van der Waals surface area contributed by atoms with Gasteiger partial charge in [0.05, 0.1) is 11.8 Å². The minimum Gasteiger partial charge on any atom is -0.506 e. The van der Waals surface area contributed by atoms with Crippen LogP contribution in [-0.2, 0) is 0 Å². The fourth-order valence-electron chi connectivity index (χ4n) is 2.08. The number of likely N-dealkylation sites (tertiary alicyclic amines) is 1. The van der Waals surface area contributed by atoms with Gasteiger partial charge in [-0.2, -0.15) is 0 Å². The van der Waals surface area contributed by atoms with E-state index in [1.54, 1.807) is 4.90 Å². The monoisotopic (exact) mass is 235 g/mol. The zero-order valence-corrected chi connectivity index (χ0v) is 9.84. The lowest BCUT2D eigenvalue weighted by molar-refractivity contribution is 0.0663. The lowest BCUT2D eigenvalue weighted by Crippen LogP contribution is -2.48. The van der Waals surface area contributed by atoms with Crippen molar-refractivity contribution in [2.24, 2.45) is 11.7 Å². The Labute approximate surface area is 100 Å². The minimum absolute atomic E-state index is 0.0117. The number of aromatic nitrogens is 1. The molecule has 0 aliphatic carbocycles. The van der Waals surface area contributed by atoms with Crippen molar-refractivity contribution in [3.63, 3.8) is 0 Å². The van der Waals surface area contributed by atoms with Gasteiger partial charge in [-0.1, -0.05) is 6.92 Å². The molecule has 2 heterocycles. The van der Waals surface area contributed by atoms with Crippen LogP contribution < -0.4 is 5.73 Å². The molecule has 1 aliphatic rings. The maximum absolute atomic E-state index is 12.1. The summed E-state index contributed by atoms with van der Waals surface area (Å²) in [6, 6.07) is 1.61. The van der Waals surface area contributed by atoms with Gasteiger partial charge in [-0.25, -0.2) is 0 Å². The summed E-state index contributed by atoms with van der Waals surface area (Å²) in [4.78, 5) is 17.7. The Morgan fingerprint density at radius 3 is 3.00 bits per heavy atom. The van der Waals surface area contributed by atoms with Crippen molar-refractivity contribution < 1.29 is 9.90 Å². The Morgan fingerprint density at radius 1 is 1.59 bits per heavy atom. The smallest absolute Gasteiger partial charge is 0.255 e. The molecule has 5 heteroatoms. The predicted molar refractivity (Wildman–Crippen MR) is 63.6 cm³/mol. The predicted octanol–water partition coefficient (Wildman–Crippen LogP) is 0.596. The Kier molecular flexibility index (Phi) is 3.28. The van der Waals surface area contributed by atoms with E-state index in [1.165, 1.54) is 18.5 Å². The number of nitrogens with two attached hydrogens (primary N) is 1. The van der Waals surface area contributed by atoms with Gasteiger partial charge >= 0.3 is 0 Å². The van der Waals surface area contributed by atoms with Gasteiger partial charge in [0.15, 0.2) is 0 Å². The number of hydrogen-bond acceptors (Lipinski definition) is 4. The molecule has 17 heavy (non-hydrogen) atoms. The van der Waals surface area contributed by atoms with Crippen LogP contribution in [0.3, 0.4) is 0 Å². The van der Waals surface area contributed by atoms with E-state index in [4.69, 9.17) is 5.73 Å². The van der Waals surface area contributed by atoms with Crippen LogP contribution in [-0.4, -0.2) is 40.0 Å². The molecular formula is C12H17N3O2. The molecule has 1 amide bonds. The van der Waals surface area contributed by atoms with Crippen LogP contribution in [0.1, 0.15) is 23.7 Å². The standard InChI is InChI=1S/C12H17N3O2/c1-8-7-15(3-2-11(8)13)12(17)9-4-10(16)6-14-5-9/h4-6,8,11,16H,2-3,7,13H2,1H3. The van der Waals surface area contributed by atoms with Crippen LogP contribution in [0.4, 0.5) is 0 Å². The molecule has 0 bridgehead atoms. The molecular weight excluding hydrogens is 218 g/mol. The number of piperidine rings is 1. The molecule has 1 aliphatic heterocycles. The highest BCUT2D eigenvalue weighted by Gasteiger charge is 2.27. The summed E-state index contributed by atoms with van der Waals surface area (Å²) in [6.45, 7) is 3.38. The summed E-state index contributed by atoms with van der Waals surface area (Å²) in [5.41, 5.74) is 6.34. The number of amides is 1. The first-order valence-corrected chi connectivity index (χ1v) is 5.77. The van der Waals surface area contributed by atoms with Crippen molar-refractivity contribution in [1.29, 1.82) is 0 Å². The number of rotatable bonds is 1. The van der Waals surface area contributed by atoms with Crippen molar-refractivity contribution in [1.82, 2.24) is 9.88 Å². The highest BCUT2D eigenvalue weighted by molar-refractivity contribution is 5.94. The second kappa shape index (κ2) is 4.71. The molecule has 1 fully saturated rings. The normalized spacial score (nSPS) is 24.7. The highest BCUT2D eigenvalue weighted by atomic mass is 16.3. The maximum atomic E-state index is 12.1. The van der Waals surface area contributed by atoms with Crippen molar-refractivity contribution in [2.45, 2.75) is 19.4 Å². The number of pyridine rings is 1. The first-order chi connectivity index (χ1) is 8.08. The van der Waals surface area contributed by atoms with Gasteiger partial charge in [-0.05, 0) is 18.4 Å². The Balaban J connectivity index is 2.10. The van der Waals surface area contributed by atoms with E-state index in [9.17, 15) is 9.90 Å². The van der Waals surface area contributed by atoms with E-state index < -0.39 is 0 Å². The summed E-state index contributed by atoms with van der Waals surface area (Å²) < 4.78 is 0. The summed E-state index contributed by atoms with van der Waals surface area (Å²) in [5.74, 6) is 0.225. The first-order valence-electron chi connectivity index (χ1n) is 5.77. The second-order valence-electron chi connectivity index (χ2n) is 4.61. The van der Waals surface area contributed by atoms with Gasteiger partial charge in [0.1, 0.15) is 5.75 Å². The highest BCUT2D eigenvalue weighted by Crippen LogP contribution is 2.18. The molecule has 0 saturated carbocycles. The Morgan fingerprint density at radius 2 is 2.35 bits per heavy atom. The van der Waals surface area contributed by atoms with Crippen LogP contribution in [0, 0.1) is 5.92 Å². The third kappa shape index (κ3) is 2.55. The van der Waals surface area contributed by atoms with Crippen molar-refractivity contribution in [3.05, 3.63) is 24.0 Å². The SMILES string of the molecule is CC1CN(C(=O)c2cncc(O)c2)CCC1N. The Hall–Kier alpha value is -1.62. The summed E-state index contributed by atoms with van der Waals surface area (Å²) in [7, 11) is 0. The van der Waals surface area contributed by atoms with Crippen LogP contribution in [0.5, 0.6) is 5.75 Å². The second-order valence-corrected chi connectivity index (χ2v) is 4.61. The molecule has 1 aromatic heterocycles. The molecule has 2 rings (SSSR count). The van der Waals surface area contributed by atoms with E-state index in [1.807, 2.05) is 6.92 Å². The summed E-state index contributed by atoms with van der Waals surface area (Å²) in [6.07, 6.45) is 3.60. The Bertz CT molecular complexity index is 422. The van der Waals surface area contributed by atoms with E-state index in [2.05, 4.69) is 4.98 Å². The van der Waals surface area contributed by atoms with Gasteiger partial charge in [0.2, 0.25) is 0 Å². The van der Waals surface area contributed by atoms with Crippen LogP contribution in [0.2, 0.25) is 0 Å². The molecule has 3 N–H and O–H groups in total. The number of carbonyl (C=O) groups excluding carboxylic acids is 1. The first kappa shape index (κ1) is 11.9. The number of hydrogen-bond donors (Lipinski definition) is 2. The van der Waals surface area contributed by atoms with Crippen molar-refractivity contribution in [3.8, 4) is 5.75 Å². The van der Waals surface area contributed by atoms with Gasteiger partial charge < -0.3 is 15.7 Å². The van der Waals surface area contributed by atoms with Gasteiger partial charge in [-0.3, -0.25) is 9.78 Å². The molecule has 1 saturated heterocycles. The lowest BCUT2D eigenvalue weighted by Gasteiger charge is -2.35. The molecule has 92 valence electrons. The van der Waals surface area contributed by atoms with Crippen molar-refractivity contribution in [2.75, 3.05) is 13.1 Å². The fraction of sp³-hybridized carbons (Fsp3) is 0.500. The molecule has 2 unspecified atom stereocenters. The largest absolute Gasteiger partial charge is 0.506 e. The number of nitrogens with zero attached hydrogens (tertiary/aromatic N) is 2. The van der Waals surface area contributed by atoms with E-state index in [0.717, 1.165) is 6.42 Å². The van der Waals surface area contributed by atoms with Crippen LogP contribution in [0.15, 0.2) is 18.5 Å². The molecule has 5 nitrogen and oxygen atoms in total. The average molecular weight is 235 g/mol. The third-order valence-electron chi connectivity index (χ3n) is 3.23. The van der Waals surface area contributed by atoms with E-state index >= 15 is 0 Å². The number of aromatic hydroxyl groups is 1.